The Morgan fingerprint density at radius 3 is 2.83 bits per heavy atom. The molecule has 3 heteroatoms. The fourth-order valence-electron chi connectivity index (χ4n) is 2.69. The zero-order chi connectivity index (χ0) is 13.4. The van der Waals surface area contributed by atoms with Crippen LogP contribution in [0.4, 0.5) is 0 Å². The van der Waals surface area contributed by atoms with Crippen molar-refractivity contribution in [2.24, 2.45) is 11.8 Å². The fraction of sp³-hybridized carbons (Fsp3) is 0.933. The Morgan fingerprint density at radius 2 is 2.22 bits per heavy atom. The van der Waals surface area contributed by atoms with Gasteiger partial charge in [0.15, 0.2) is 0 Å². The van der Waals surface area contributed by atoms with E-state index in [-0.39, 0.29) is 0 Å². The van der Waals surface area contributed by atoms with E-state index >= 15 is 0 Å². The largest absolute Gasteiger partial charge is 0.346 e. The van der Waals surface area contributed by atoms with E-state index in [2.05, 4.69) is 19.2 Å². The van der Waals surface area contributed by atoms with E-state index in [0.717, 1.165) is 32.5 Å². The second-order valence-corrected chi connectivity index (χ2v) is 5.81. The molecule has 1 aliphatic heterocycles. The molecular weight excluding hydrogens is 224 g/mol. The molecule has 1 heterocycles. The molecule has 0 aromatic carbocycles. The Bertz CT molecular complexity index is 237. The molecule has 1 aliphatic rings. The second kappa shape index (κ2) is 8.52. The molecule has 3 nitrogen and oxygen atoms in total. The molecular formula is C15H30N2O. The minimum absolute atomic E-state index is 0.323. The smallest absolute Gasteiger partial charge is 0.222 e. The maximum atomic E-state index is 12.1. The van der Waals surface area contributed by atoms with Crippen LogP contribution in [0.3, 0.4) is 0 Å². The van der Waals surface area contributed by atoms with Crippen molar-refractivity contribution >= 4 is 5.91 Å². The van der Waals surface area contributed by atoms with E-state index in [0.29, 0.717) is 17.7 Å². The van der Waals surface area contributed by atoms with Crippen molar-refractivity contribution in [3.05, 3.63) is 0 Å². The monoisotopic (exact) mass is 254 g/mol. The van der Waals surface area contributed by atoms with Gasteiger partial charge in [0.2, 0.25) is 5.91 Å². The summed E-state index contributed by atoms with van der Waals surface area (Å²) in [5.41, 5.74) is 0. The van der Waals surface area contributed by atoms with Crippen LogP contribution in [0.5, 0.6) is 0 Å². The highest BCUT2D eigenvalue weighted by Gasteiger charge is 2.23. The van der Waals surface area contributed by atoms with Crippen molar-refractivity contribution < 1.29 is 4.79 Å². The molecule has 1 rings (SSSR count). The van der Waals surface area contributed by atoms with Crippen LogP contribution in [0.1, 0.15) is 52.4 Å². The van der Waals surface area contributed by atoms with Crippen LogP contribution in [-0.4, -0.2) is 37.5 Å². The van der Waals surface area contributed by atoms with Crippen LogP contribution in [0, 0.1) is 11.8 Å². The van der Waals surface area contributed by atoms with Crippen molar-refractivity contribution in [1.82, 2.24) is 10.2 Å². The summed E-state index contributed by atoms with van der Waals surface area (Å²) >= 11 is 0. The molecule has 106 valence electrons. The van der Waals surface area contributed by atoms with Gasteiger partial charge in [-0.25, -0.2) is 0 Å². The lowest BCUT2D eigenvalue weighted by molar-refractivity contribution is -0.131. The second-order valence-electron chi connectivity index (χ2n) is 5.81. The molecule has 2 atom stereocenters. The number of hydrogen-bond acceptors (Lipinski definition) is 2. The van der Waals surface area contributed by atoms with E-state index in [1.807, 2.05) is 11.9 Å². The van der Waals surface area contributed by atoms with E-state index < -0.39 is 0 Å². The van der Waals surface area contributed by atoms with Gasteiger partial charge in [0.1, 0.15) is 0 Å². The summed E-state index contributed by atoms with van der Waals surface area (Å²) in [5.74, 6) is 1.52. The first-order valence-corrected chi connectivity index (χ1v) is 7.59. The van der Waals surface area contributed by atoms with Crippen molar-refractivity contribution in [2.75, 3.05) is 26.7 Å². The van der Waals surface area contributed by atoms with Gasteiger partial charge in [0, 0.05) is 20.0 Å². The summed E-state index contributed by atoms with van der Waals surface area (Å²) in [5, 5.41) is 3.44. The third-order valence-electron chi connectivity index (χ3n) is 4.16. The van der Waals surface area contributed by atoms with E-state index in [1.165, 1.54) is 25.7 Å². The Labute approximate surface area is 112 Å². The number of carbonyl (C=O) groups is 1. The number of rotatable bonds is 7. The number of nitrogens with zero attached hydrogens (tertiary/aromatic N) is 1. The van der Waals surface area contributed by atoms with Crippen LogP contribution < -0.4 is 5.32 Å². The molecule has 0 aromatic rings. The van der Waals surface area contributed by atoms with Gasteiger partial charge in [0.05, 0.1) is 0 Å². The molecule has 1 N–H and O–H groups in total. The van der Waals surface area contributed by atoms with Crippen molar-refractivity contribution in [3.8, 4) is 0 Å². The van der Waals surface area contributed by atoms with Gasteiger partial charge in [-0.2, -0.15) is 0 Å². The summed E-state index contributed by atoms with van der Waals surface area (Å²) in [6, 6.07) is 0. The molecule has 0 aromatic heterocycles. The zero-order valence-corrected chi connectivity index (χ0v) is 12.4. The zero-order valence-electron chi connectivity index (χ0n) is 12.4. The molecule has 1 saturated heterocycles. The van der Waals surface area contributed by atoms with Gasteiger partial charge in [-0.05, 0) is 44.2 Å². The number of hydrogen-bond donors (Lipinski definition) is 1. The highest BCUT2D eigenvalue weighted by Crippen LogP contribution is 2.23. The minimum Gasteiger partial charge on any atom is -0.346 e. The van der Waals surface area contributed by atoms with Gasteiger partial charge >= 0.3 is 0 Å². The van der Waals surface area contributed by atoms with E-state index in [9.17, 15) is 4.79 Å². The molecule has 1 amide bonds. The maximum Gasteiger partial charge on any atom is 0.222 e. The number of amides is 1. The first kappa shape index (κ1) is 15.5. The summed E-state index contributed by atoms with van der Waals surface area (Å²) in [6.07, 6.45) is 6.83. The Balaban J connectivity index is 2.24. The average Bonchev–Trinajstić information content (AvgIpc) is 2.39. The standard InChI is InChI=1S/C15H30N2O/c1-4-5-6-10-17(3)15(18)11-13(2)14-8-7-9-16-12-14/h13-14,16H,4-12H2,1-3H3. The predicted octanol–water partition coefficient (Wildman–Crippen LogP) is 2.66. The lowest BCUT2D eigenvalue weighted by Gasteiger charge is -2.29. The Morgan fingerprint density at radius 1 is 1.44 bits per heavy atom. The number of piperidine rings is 1. The van der Waals surface area contributed by atoms with Crippen LogP contribution in [0.15, 0.2) is 0 Å². The summed E-state index contributed by atoms with van der Waals surface area (Å²) in [4.78, 5) is 14.0. The van der Waals surface area contributed by atoms with Gasteiger partial charge in [-0.1, -0.05) is 26.7 Å². The quantitative estimate of drug-likeness (QED) is 0.708. The van der Waals surface area contributed by atoms with E-state index in [4.69, 9.17) is 0 Å². The van der Waals surface area contributed by atoms with Crippen LogP contribution in [0.25, 0.3) is 0 Å². The number of unbranched alkanes of at least 4 members (excludes halogenated alkanes) is 2. The van der Waals surface area contributed by atoms with Gasteiger partial charge in [-0.15, -0.1) is 0 Å². The van der Waals surface area contributed by atoms with Crippen molar-refractivity contribution in [3.63, 3.8) is 0 Å². The van der Waals surface area contributed by atoms with Gasteiger partial charge in [-0.3, -0.25) is 4.79 Å². The predicted molar refractivity (Wildman–Crippen MR) is 76.5 cm³/mol. The molecule has 0 radical (unpaired) electrons. The Hall–Kier alpha value is -0.570. The molecule has 1 fully saturated rings. The first-order valence-electron chi connectivity index (χ1n) is 7.59. The average molecular weight is 254 g/mol. The van der Waals surface area contributed by atoms with Crippen LogP contribution >= 0.6 is 0 Å². The third kappa shape index (κ3) is 5.38. The number of carbonyl (C=O) groups excluding carboxylic acids is 1. The fourth-order valence-corrected chi connectivity index (χ4v) is 2.69. The van der Waals surface area contributed by atoms with Crippen molar-refractivity contribution in [2.45, 2.75) is 52.4 Å². The molecule has 0 spiro atoms. The molecule has 0 saturated carbocycles. The third-order valence-corrected chi connectivity index (χ3v) is 4.16. The SMILES string of the molecule is CCCCCN(C)C(=O)CC(C)C1CCCNC1. The highest BCUT2D eigenvalue weighted by molar-refractivity contribution is 5.76. The van der Waals surface area contributed by atoms with Crippen LogP contribution in [-0.2, 0) is 4.79 Å². The highest BCUT2D eigenvalue weighted by atomic mass is 16.2. The molecule has 2 unspecified atom stereocenters. The lowest BCUT2D eigenvalue weighted by atomic mass is 9.85. The minimum atomic E-state index is 0.323. The summed E-state index contributed by atoms with van der Waals surface area (Å²) in [6.45, 7) is 7.58. The van der Waals surface area contributed by atoms with Gasteiger partial charge in [0.25, 0.3) is 0 Å². The van der Waals surface area contributed by atoms with Gasteiger partial charge < -0.3 is 10.2 Å². The summed E-state index contributed by atoms with van der Waals surface area (Å²) in [7, 11) is 1.95. The van der Waals surface area contributed by atoms with E-state index in [1.54, 1.807) is 0 Å². The molecule has 18 heavy (non-hydrogen) atoms. The molecule has 0 bridgehead atoms. The first-order chi connectivity index (χ1) is 8.65. The number of nitrogens with one attached hydrogen (secondary N) is 1. The lowest BCUT2D eigenvalue weighted by Crippen LogP contribution is -2.36. The Kier molecular flexibility index (Phi) is 7.33. The van der Waals surface area contributed by atoms with Crippen molar-refractivity contribution in [1.29, 1.82) is 0 Å². The maximum absolute atomic E-state index is 12.1. The molecule has 0 aliphatic carbocycles. The summed E-state index contributed by atoms with van der Waals surface area (Å²) < 4.78 is 0. The van der Waals surface area contributed by atoms with Crippen LogP contribution in [0.2, 0.25) is 0 Å². The topological polar surface area (TPSA) is 32.3 Å². The normalized spacial score (nSPS) is 21.6.